The van der Waals surface area contributed by atoms with Gasteiger partial charge in [0.1, 0.15) is 0 Å². The molecule has 2 aliphatic carbocycles. The minimum atomic E-state index is -0.560. The van der Waals surface area contributed by atoms with Gasteiger partial charge in [-0.15, -0.1) is 23.5 Å². The first-order chi connectivity index (χ1) is 14.0. The molecular formula is C23H32O4S2. The number of ether oxygens (including phenoxy) is 3. The third-order valence-corrected chi connectivity index (χ3v) is 10.5. The Kier molecular flexibility index (Phi) is 6.07. The van der Waals surface area contributed by atoms with Crippen LogP contribution in [0, 0.1) is 11.3 Å². The predicted molar refractivity (Wildman–Crippen MR) is 121 cm³/mol. The van der Waals surface area contributed by atoms with Crippen molar-refractivity contribution in [2.75, 3.05) is 32.8 Å². The lowest BCUT2D eigenvalue weighted by molar-refractivity contribution is 0.0135. The Balaban J connectivity index is 1.68. The van der Waals surface area contributed by atoms with Crippen LogP contribution >= 0.6 is 23.5 Å². The van der Waals surface area contributed by atoms with Gasteiger partial charge in [-0.05, 0) is 61.1 Å². The number of thioether (sulfide) groups is 2. The lowest BCUT2D eigenvalue weighted by atomic mass is 9.58. The summed E-state index contributed by atoms with van der Waals surface area (Å²) in [4.78, 5) is 0. The van der Waals surface area contributed by atoms with Crippen LogP contribution in [-0.4, -0.2) is 42.0 Å². The largest absolute Gasteiger partial charge is 0.493 e. The van der Waals surface area contributed by atoms with Crippen molar-refractivity contribution in [3.05, 3.63) is 29.3 Å². The minimum absolute atomic E-state index is 0.0486. The van der Waals surface area contributed by atoms with Gasteiger partial charge in [0.15, 0.2) is 11.5 Å². The van der Waals surface area contributed by atoms with Gasteiger partial charge >= 0.3 is 0 Å². The molecule has 0 bridgehead atoms. The van der Waals surface area contributed by atoms with Crippen LogP contribution in [0.1, 0.15) is 50.7 Å². The van der Waals surface area contributed by atoms with Crippen molar-refractivity contribution < 1.29 is 19.3 Å². The number of aliphatic hydroxyl groups is 1. The van der Waals surface area contributed by atoms with E-state index in [4.69, 9.17) is 14.2 Å². The van der Waals surface area contributed by atoms with Gasteiger partial charge < -0.3 is 19.3 Å². The Hall–Kier alpha value is -0.980. The summed E-state index contributed by atoms with van der Waals surface area (Å²) in [5.74, 6) is 4.46. The van der Waals surface area contributed by atoms with Crippen molar-refractivity contribution in [3.63, 3.8) is 0 Å². The molecule has 1 aromatic carbocycles. The molecule has 29 heavy (non-hydrogen) atoms. The Morgan fingerprint density at radius 1 is 1.03 bits per heavy atom. The Morgan fingerprint density at radius 2 is 1.69 bits per heavy atom. The highest BCUT2D eigenvalue weighted by molar-refractivity contribution is 8.21. The second kappa shape index (κ2) is 8.27. The van der Waals surface area contributed by atoms with Gasteiger partial charge in [0.2, 0.25) is 5.75 Å². The highest BCUT2D eigenvalue weighted by atomic mass is 32.2. The highest BCUT2D eigenvalue weighted by Gasteiger charge is 2.50. The van der Waals surface area contributed by atoms with Gasteiger partial charge in [-0.3, -0.25) is 0 Å². The lowest BCUT2D eigenvalue weighted by Crippen LogP contribution is -2.41. The number of methoxy groups -OCH3 is 3. The summed E-state index contributed by atoms with van der Waals surface area (Å²) < 4.78 is 16.8. The van der Waals surface area contributed by atoms with Gasteiger partial charge in [0.05, 0.1) is 31.5 Å². The number of rotatable bonds is 5. The first-order valence-corrected chi connectivity index (χ1v) is 12.4. The Morgan fingerprint density at radius 3 is 2.28 bits per heavy atom. The molecule has 3 unspecified atom stereocenters. The molecule has 3 aliphatic rings. The summed E-state index contributed by atoms with van der Waals surface area (Å²) in [6.45, 7) is 2.38. The van der Waals surface area contributed by atoms with Crippen LogP contribution in [-0.2, 0) is 0 Å². The molecule has 0 amide bonds. The van der Waals surface area contributed by atoms with E-state index in [1.54, 1.807) is 26.9 Å². The maximum absolute atomic E-state index is 11.5. The molecule has 1 heterocycles. The summed E-state index contributed by atoms with van der Waals surface area (Å²) >= 11 is 4.23. The maximum atomic E-state index is 11.5. The summed E-state index contributed by atoms with van der Waals surface area (Å²) in [5, 5.41) is 11.5. The van der Waals surface area contributed by atoms with Crippen LogP contribution in [0.5, 0.6) is 17.2 Å². The molecule has 3 atom stereocenters. The van der Waals surface area contributed by atoms with Crippen molar-refractivity contribution >= 4 is 23.5 Å². The first-order valence-electron chi connectivity index (χ1n) is 10.4. The molecule has 4 rings (SSSR count). The summed E-state index contributed by atoms with van der Waals surface area (Å²) in [6.07, 6.45) is 7.70. The summed E-state index contributed by atoms with van der Waals surface area (Å²) in [7, 11) is 4.84. The van der Waals surface area contributed by atoms with Crippen LogP contribution in [0.15, 0.2) is 23.8 Å². The number of hydrogen-bond acceptors (Lipinski definition) is 6. The van der Waals surface area contributed by atoms with E-state index in [1.807, 2.05) is 12.1 Å². The van der Waals surface area contributed by atoms with E-state index >= 15 is 0 Å². The molecule has 0 radical (unpaired) electrons. The topological polar surface area (TPSA) is 47.9 Å². The van der Waals surface area contributed by atoms with Crippen molar-refractivity contribution in [1.29, 1.82) is 0 Å². The highest BCUT2D eigenvalue weighted by Crippen LogP contribution is 2.61. The fourth-order valence-corrected chi connectivity index (χ4v) is 8.55. The molecule has 160 valence electrons. The standard InChI is InChI=1S/C23H32O4S2/c1-22-8-9-23(28-10-11-29-23)14-16(22)6-5-7-17(22)20(24)15-12-18(25-2)21(27-4)19(13-15)26-3/h12-14,17,20,24H,5-11H2,1-4H3. The van der Waals surface area contributed by atoms with Crippen LogP contribution in [0.25, 0.3) is 0 Å². The van der Waals surface area contributed by atoms with E-state index in [9.17, 15) is 5.11 Å². The van der Waals surface area contributed by atoms with Gasteiger partial charge in [-0.25, -0.2) is 0 Å². The zero-order valence-corrected chi connectivity index (χ0v) is 19.5. The van der Waals surface area contributed by atoms with E-state index in [2.05, 4.69) is 36.5 Å². The molecule has 4 nitrogen and oxygen atoms in total. The van der Waals surface area contributed by atoms with E-state index in [-0.39, 0.29) is 15.4 Å². The average molecular weight is 437 g/mol. The van der Waals surface area contributed by atoms with Crippen LogP contribution in [0.3, 0.4) is 0 Å². The molecular weight excluding hydrogens is 404 g/mol. The lowest BCUT2D eigenvalue weighted by Gasteiger charge is -2.50. The number of aliphatic hydroxyl groups excluding tert-OH is 1. The number of fused-ring (bicyclic) bond motifs is 1. The maximum Gasteiger partial charge on any atom is 0.203 e. The van der Waals surface area contributed by atoms with Crippen molar-refractivity contribution in [3.8, 4) is 17.2 Å². The van der Waals surface area contributed by atoms with Crippen molar-refractivity contribution in [1.82, 2.24) is 0 Å². The molecule has 1 saturated heterocycles. The molecule has 6 heteroatoms. The number of allylic oxidation sites excluding steroid dienone is 1. The first kappa shape index (κ1) is 21.3. The Bertz CT molecular complexity index is 762. The van der Waals surface area contributed by atoms with Crippen molar-refractivity contribution in [2.45, 2.75) is 49.2 Å². The predicted octanol–water partition coefficient (Wildman–Crippen LogP) is 5.45. The second-order valence-corrected chi connectivity index (χ2v) is 11.6. The third-order valence-electron chi connectivity index (χ3n) is 7.09. The van der Waals surface area contributed by atoms with Gasteiger partial charge in [-0.2, -0.15) is 0 Å². The van der Waals surface area contributed by atoms with Crippen LogP contribution in [0.4, 0.5) is 0 Å². The SMILES string of the molecule is COc1cc(C(O)C2CCCC3=CC4(CCC32C)SCCS4)cc(OC)c1OC. The van der Waals surface area contributed by atoms with Crippen LogP contribution in [0.2, 0.25) is 0 Å². The summed E-state index contributed by atoms with van der Waals surface area (Å²) in [6, 6.07) is 3.81. The zero-order valence-electron chi connectivity index (χ0n) is 17.8. The van der Waals surface area contributed by atoms with E-state index < -0.39 is 6.10 Å². The van der Waals surface area contributed by atoms with Gasteiger partial charge in [0, 0.05) is 11.5 Å². The van der Waals surface area contributed by atoms with Crippen molar-refractivity contribution in [2.24, 2.45) is 11.3 Å². The fourth-order valence-electron chi connectivity index (χ4n) is 5.42. The monoisotopic (exact) mass is 436 g/mol. The molecule has 1 spiro atoms. The number of hydrogen-bond donors (Lipinski definition) is 1. The molecule has 1 N–H and O–H groups in total. The molecule has 1 aromatic rings. The fraction of sp³-hybridized carbons (Fsp3) is 0.652. The van der Waals surface area contributed by atoms with E-state index in [0.29, 0.717) is 17.2 Å². The quantitative estimate of drug-likeness (QED) is 0.620. The van der Waals surface area contributed by atoms with E-state index in [0.717, 1.165) is 31.2 Å². The number of benzene rings is 1. The van der Waals surface area contributed by atoms with Gasteiger partial charge in [-0.1, -0.05) is 18.6 Å². The molecule has 1 saturated carbocycles. The minimum Gasteiger partial charge on any atom is -0.493 e. The molecule has 2 fully saturated rings. The van der Waals surface area contributed by atoms with Gasteiger partial charge in [0.25, 0.3) is 0 Å². The molecule has 1 aliphatic heterocycles. The molecule has 0 aromatic heterocycles. The second-order valence-electron chi connectivity index (χ2n) is 8.50. The summed E-state index contributed by atoms with van der Waals surface area (Å²) in [5.41, 5.74) is 2.46. The van der Waals surface area contributed by atoms with Crippen LogP contribution < -0.4 is 14.2 Å². The average Bonchev–Trinajstić information content (AvgIpc) is 3.20. The zero-order chi connectivity index (χ0) is 20.6. The normalized spacial score (nSPS) is 29.1. The third kappa shape index (κ3) is 3.66. The Labute approximate surface area is 182 Å². The van der Waals surface area contributed by atoms with E-state index in [1.165, 1.54) is 17.9 Å². The smallest absolute Gasteiger partial charge is 0.203 e.